The topological polar surface area (TPSA) is 145 Å². The van der Waals surface area contributed by atoms with E-state index in [1.54, 1.807) is 4.90 Å². The molecule has 0 spiro atoms. The molecule has 1 aromatic heterocycles. The molecule has 0 aromatic carbocycles. The Kier molecular flexibility index (Phi) is 6.19. The summed E-state index contributed by atoms with van der Waals surface area (Å²) in [5.74, 6) is -2.38. The first-order valence-electron chi connectivity index (χ1n) is 9.95. The van der Waals surface area contributed by atoms with Gasteiger partial charge in [0.2, 0.25) is 11.7 Å². The zero-order chi connectivity index (χ0) is 21.1. The normalized spacial score (nSPS) is 19.7. The minimum absolute atomic E-state index is 0.0631. The second kappa shape index (κ2) is 8.62. The molecular weight excluding hydrogens is 380 g/mol. The minimum atomic E-state index is -0.913. The Morgan fingerprint density at radius 2 is 1.90 bits per heavy atom. The maximum Gasteiger partial charge on any atom is 0.329 e. The Morgan fingerprint density at radius 1 is 1.21 bits per heavy atom. The molecule has 3 N–H and O–H groups in total. The van der Waals surface area contributed by atoms with E-state index in [0.29, 0.717) is 13.0 Å². The van der Waals surface area contributed by atoms with Crippen molar-refractivity contribution in [1.82, 2.24) is 14.5 Å². The summed E-state index contributed by atoms with van der Waals surface area (Å²) in [6, 6.07) is 0.180. The predicted octanol–water partition coefficient (Wildman–Crippen LogP) is 0.0458. The number of carbonyl (C=O) groups is 3. The fraction of sp³-hybridized carbons (Fsp3) is 0.632. The maximum absolute atomic E-state index is 12.4. The molecule has 158 valence electrons. The number of H-pyrrole nitrogens is 1. The molecule has 1 aliphatic carbocycles. The zero-order valence-corrected chi connectivity index (χ0v) is 16.4. The van der Waals surface area contributed by atoms with Crippen molar-refractivity contribution >= 4 is 23.5 Å². The fourth-order valence-corrected chi connectivity index (χ4v) is 4.09. The van der Waals surface area contributed by atoms with Gasteiger partial charge in [0.05, 0.1) is 5.92 Å². The Balaban J connectivity index is 1.64. The third-order valence-corrected chi connectivity index (χ3v) is 5.57. The van der Waals surface area contributed by atoms with Crippen molar-refractivity contribution in [3.63, 3.8) is 0 Å². The third kappa shape index (κ3) is 4.25. The quantitative estimate of drug-likeness (QED) is 0.480. The van der Waals surface area contributed by atoms with Crippen molar-refractivity contribution in [3.8, 4) is 0 Å². The van der Waals surface area contributed by atoms with Gasteiger partial charge < -0.3 is 15.4 Å². The summed E-state index contributed by atoms with van der Waals surface area (Å²) < 4.78 is 6.18. The van der Waals surface area contributed by atoms with E-state index in [4.69, 9.17) is 10.5 Å². The molecule has 2 heterocycles. The lowest BCUT2D eigenvalue weighted by atomic mass is 10.1. The summed E-state index contributed by atoms with van der Waals surface area (Å²) in [5, 5.41) is 0. The number of ketones is 1. The number of Topliss-reactive ketones (excluding diaryl/α,β-unsaturated/α-hetero) is 1. The van der Waals surface area contributed by atoms with Gasteiger partial charge in [0.25, 0.3) is 5.56 Å². The van der Waals surface area contributed by atoms with Crippen LogP contribution in [0.25, 0.3) is 0 Å². The first-order chi connectivity index (χ1) is 13.8. The number of ether oxygens (including phenoxy) is 1. The van der Waals surface area contributed by atoms with E-state index >= 15 is 0 Å². The molecular formula is C19H26N4O6. The second-order valence-corrected chi connectivity index (χ2v) is 7.59. The molecule has 3 rings (SSSR count). The average molecular weight is 406 g/mol. The van der Waals surface area contributed by atoms with Gasteiger partial charge in [-0.2, -0.15) is 0 Å². The summed E-state index contributed by atoms with van der Waals surface area (Å²) in [5.41, 5.74) is 3.83. The number of likely N-dealkylation sites (tertiary alicyclic amines) is 1. The monoisotopic (exact) mass is 406 g/mol. The molecule has 10 nitrogen and oxygen atoms in total. The van der Waals surface area contributed by atoms with Crippen LogP contribution < -0.4 is 17.0 Å². The van der Waals surface area contributed by atoms with Gasteiger partial charge in [-0.15, -0.1) is 0 Å². The summed E-state index contributed by atoms with van der Waals surface area (Å²) in [4.78, 5) is 64.7. The number of nitrogens with zero attached hydrogens (tertiary/aromatic N) is 2. The van der Waals surface area contributed by atoms with Crippen LogP contribution in [-0.2, 0) is 20.9 Å². The van der Waals surface area contributed by atoms with E-state index in [2.05, 4.69) is 4.98 Å². The first kappa shape index (κ1) is 20.8. The number of aromatic nitrogens is 2. The van der Waals surface area contributed by atoms with E-state index in [1.165, 1.54) is 0 Å². The van der Waals surface area contributed by atoms with Crippen LogP contribution in [0.5, 0.6) is 0 Å². The Hall–Kier alpha value is -2.91. The van der Waals surface area contributed by atoms with Crippen molar-refractivity contribution in [1.29, 1.82) is 0 Å². The Labute approximate surface area is 167 Å². The van der Waals surface area contributed by atoms with Crippen molar-refractivity contribution < 1.29 is 19.1 Å². The number of carbonyl (C=O) groups excluding carboxylic acids is 3. The third-order valence-electron chi connectivity index (χ3n) is 5.57. The number of rotatable bonds is 7. The van der Waals surface area contributed by atoms with Crippen LogP contribution in [0.2, 0.25) is 0 Å². The Morgan fingerprint density at radius 3 is 2.55 bits per heavy atom. The van der Waals surface area contributed by atoms with Crippen molar-refractivity contribution in [3.05, 3.63) is 26.4 Å². The molecule has 29 heavy (non-hydrogen) atoms. The van der Waals surface area contributed by atoms with Gasteiger partial charge in [0.15, 0.2) is 6.61 Å². The number of hydrogen-bond acceptors (Lipinski definition) is 7. The molecule has 0 radical (unpaired) electrons. The van der Waals surface area contributed by atoms with E-state index in [0.717, 1.165) is 30.3 Å². The number of hydrogen-bond donors (Lipinski definition) is 2. The van der Waals surface area contributed by atoms with Crippen LogP contribution >= 0.6 is 0 Å². The number of nitrogen functional groups attached to an aromatic ring is 1. The standard InChI is InChI=1S/C19H26N4O6/c1-2-7-22-16(20)15(17(26)21-19(22)28)13(24)10-29-18(27)11-8-14(25)23(9-11)12-5-3-4-6-12/h11-12H,2-10,20H2,1H3,(H,21,26,28)/t11-/m1/s1. The highest BCUT2D eigenvalue weighted by molar-refractivity contribution is 6.01. The van der Waals surface area contributed by atoms with Crippen molar-refractivity contribution in [2.45, 2.75) is 58.0 Å². The zero-order valence-electron chi connectivity index (χ0n) is 16.4. The van der Waals surface area contributed by atoms with Gasteiger partial charge >= 0.3 is 11.7 Å². The van der Waals surface area contributed by atoms with E-state index in [-0.39, 0.29) is 30.7 Å². The SMILES string of the molecule is CCCn1c(N)c(C(=O)COC(=O)[C@@H]2CC(=O)N(C3CCCC3)C2)c(=O)[nH]c1=O. The Bertz CT molecular complexity index is 928. The number of anilines is 1. The lowest BCUT2D eigenvalue weighted by Gasteiger charge is -2.23. The molecule has 1 amide bonds. The molecule has 1 saturated heterocycles. The van der Waals surface area contributed by atoms with Gasteiger partial charge in [-0.3, -0.25) is 28.7 Å². The summed E-state index contributed by atoms with van der Waals surface area (Å²) in [7, 11) is 0. The van der Waals surface area contributed by atoms with Gasteiger partial charge in [-0.25, -0.2) is 4.79 Å². The highest BCUT2D eigenvalue weighted by Crippen LogP contribution is 2.29. The predicted molar refractivity (Wildman–Crippen MR) is 103 cm³/mol. The second-order valence-electron chi connectivity index (χ2n) is 7.59. The first-order valence-corrected chi connectivity index (χ1v) is 9.95. The highest BCUT2D eigenvalue weighted by atomic mass is 16.5. The lowest BCUT2D eigenvalue weighted by molar-refractivity contribution is -0.147. The van der Waals surface area contributed by atoms with Gasteiger partial charge in [0.1, 0.15) is 11.4 Å². The lowest BCUT2D eigenvalue weighted by Crippen LogP contribution is -2.37. The van der Waals surface area contributed by atoms with E-state index in [9.17, 15) is 24.0 Å². The summed E-state index contributed by atoms with van der Waals surface area (Å²) in [6.07, 6.45) is 4.69. The number of nitrogens with one attached hydrogen (secondary N) is 1. The molecule has 2 fully saturated rings. The molecule has 0 bridgehead atoms. The smallest absolute Gasteiger partial charge is 0.329 e. The van der Waals surface area contributed by atoms with Crippen LogP contribution in [0.15, 0.2) is 9.59 Å². The van der Waals surface area contributed by atoms with Crippen LogP contribution in [0.4, 0.5) is 5.82 Å². The van der Waals surface area contributed by atoms with E-state index in [1.807, 2.05) is 6.92 Å². The molecule has 1 saturated carbocycles. The molecule has 1 aromatic rings. The average Bonchev–Trinajstić information content (AvgIpc) is 3.32. The molecule has 10 heteroatoms. The summed E-state index contributed by atoms with van der Waals surface area (Å²) >= 11 is 0. The van der Waals surface area contributed by atoms with Gasteiger partial charge in [-0.05, 0) is 19.3 Å². The van der Waals surface area contributed by atoms with Crippen molar-refractivity contribution in [2.75, 3.05) is 18.9 Å². The minimum Gasteiger partial charge on any atom is -0.457 e. The molecule has 1 atom stereocenters. The largest absolute Gasteiger partial charge is 0.457 e. The molecule has 0 unspecified atom stereocenters. The van der Waals surface area contributed by atoms with E-state index < -0.39 is 41.1 Å². The maximum atomic E-state index is 12.4. The van der Waals surface area contributed by atoms with Crippen LogP contribution in [0.1, 0.15) is 55.8 Å². The number of amides is 1. The fourth-order valence-electron chi connectivity index (χ4n) is 4.09. The van der Waals surface area contributed by atoms with Crippen LogP contribution in [0, 0.1) is 5.92 Å². The number of aromatic amines is 1. The summed E-state index contributed by atoms with van der Waals surface area (Å²) in [6.45, 7) is 1.67. The van der Waals surface area contributed by atoms with Crippen molar-refractivity contribution in [2.24, 2.45) is 5.92 Å². The van der Waals surface area contributed by atoms with Crippen LogP contribution in [0.3, 0.4) is 0 Å². The number of nitrogens with two attached hydrogens (primary N) is 1. The van der Waals surface area contributed by atoms with Crippen LogP contribution in [-0.4, -0.2) is 51.3 Å². The number of esters is 1. The van der Waals surface area contributed by atoms with Gasteiger partial charge in [0, 0.05) is 25.6 Å². The molecule has 2 aliphatic rings. The van der Waals surface area contributed by atoms with Gasteiger partial charge in [-0.1, -0.05) is 19.8 Å². The highest BCUT2D eigenvalue weighted by Gasteiger charge is 2.39. The molecule has 1 aliphatic heterocycles.